The van der Waals surface area contributed by atoms with E-state index in [4.69, 9.17) is 0 Å². The molecule has 0 radical (unpaired) electrons. The molecule has 1 heterocycles. The van der Waals surface area contributed by atoms with Gasteiger partial charge >= 0.3 is 6.03 Å². The molecule has 3 amide bonds. The van der Waals surface area contributed by atoms with Crippen molar-refractivity contribution >= 4 is 11.9 Å². The Labute approximate surface area is 141 Å². The molecule has 0 saturated heterocycles. The lowest BCUT2D eigenvalue weighted by molar-refractivity contribution is 0.0795. The molecule has 2 aromatic rings. The average molecular weight is 327 g/mol. The number of rotatable bonds is 5. The molecule has 0 bridgehead atoms. The second-order valence-electron chi connectivity index (χ2n) is 5.51. The van der Waals surface area contributed by atoms with Crippen molar-refractivity contribution in [2.75, 3.05) is 34.2 Å². The Morgan fingerprint density at radius 1 is 1.04 bits per heavy atom. The van der Waals surface area contributed by atoms with Gasteiger partial charge in [-0.15, -0.1) is 0 Å². The molecule has 7 nitrogen and oxygen atoms in total. The Bertz CT molecular complexity index is 686. The first-order chi connectivity index (χ1) is 11.5. The molecule has 0 atom stereocenters. The minimum atomic E-state index is -0.189. The number of hydrogen-bond donors (Lipinski definition) is 1. The molecule has 0 aliphatic rings. The molecule has 0 saturated carbocycles. The van der Waals surface area contributed by atoms with Crippen molar-refractivity contribution < 1.29 is 9.59 Å². The molecule has 0 spiro atoms. The summed E-state index contributed by atoms with van der Waals surface area (Å²) in [6, 6.07) is 9.38. The zero-order chi connectivity index (χ0) is 17.5. The minimum absolute atomic E-state index is 0.186. The molecule has 2 rings (SSSR count). The van der Waals surface area contributed by atoms with Gasteiger partial charge in [0.05, 0.1) is 5.56 Å². The molecule has 0 unspecified atom stereocenters. The molecule has 1 aromatic heterocycles. The van der Waals surface area contributed by atoms with Gasteiger partial charge in [0.15, 0.2) is 5.82 Å². The van der Waals surface area contributed by atoms with Crippen molar-refractivity contribution in [3.05, 3.63) is 48.3 Å². The number of aromatic nitrogens is 2. The summed E-state index contributed by atoms with van der Waals surface area (Å²) in [5, 5.41) is 2.71. The van der Waals surface area contributed by atoms with Gasteiger partial charge in [-0.2, -0.15) is 0 Å². The van der Waals surface area contributed by atoms with E-state index in [1.165, 1.54) is 22.2 Å². The molecule has 0 fully saturated rings. The lowest BCUT2D eigenvalue weighted by Gasteiger charge is -2.18. The van der Waals surface area contributed by atoms with E-state index >= 15 is 0 Å². The molecular formula is C17H21N5O2. The SMILES string of the molecule is CN(C)C(=O)NCCN(C)C(=O)c1cnc(-c2ccccc2)nc1. The van der Waals surface area contributed by atoms with Gasteiger partial charge in [-0.25, -0.2) is 14.8 Å². The maximum Gasteiger partial charge on any atom is 0.316 e. The zero-order valence-corrected chi connectivity index (χ0v) is 14.1. The fourth-order valence-electron chi connectivity index (χ4n) is 1.99. The summed E-state index contributed by atoms with van der Waals surface area (Å²) in [4.78, 5) is 35.2. The van der Waals surface area contributed by atoms with Crippen LogP contribution in [0.1, 0.15) is 10.4 Å². The maximum absolute atomic E-state index is 12.3. The summed E-state index contributed by atoms with van der Waals surface area (Å²) in [5.41, 5.74) is 1.31. The van der Waals surface area contributed by atoms with Crippen molar-refractivity contribution in [1.29, 1.82) is 0 Å². The van der Waals surface area contributed by atoms with Gasteiger partial charge < -0.3 is 15.1 Å². The van der Waals surface area contributed by atoms with Gasteiger partial charge in [-0.05, 0) is 0 Å². The standard InChI is InChI=1S/C17H21N5O2/c1-21(2)17(24)18-9-10-22(3)16(23)14-11-19-15(20-12-14)13-7-5-4-6-8-13/h4-8,11-12H,9-10H2,1-3H3,(H,18,24). The van der Waals surface area contributed by atoms with Gasteiger partial charge in [0, 0.05) is 52.2 Å². The molecule has 1 N–H and O–H groups in total. The summed E-state index contributed by atoms with van der Waals surface area (Å²) >= 11 is 0. The number of benzene rings is 1. The third-order valence-electron chi connectivity index (χ3n) is 3.41. The molecule has 126 valence electrons. The van der Waals surface area contributed by atoms with Crippen LogP contribution in [0.3, 0.4) is 0 Å². The number of urea groups is 1. The van der Waals surface area contributed by atoms with E-state index in [1.807, 2.05) is 30.3 Å². The van der Waals surface area contributed by atoms with Crippen LogP contribution in [0.25, 0.3) is 11.4 Å². The zero-order valence-electron chi connectivity index (χ0n) is 14.1. The van der Waals surface area contributed by atoms with Crippen LogP contribution < -0.4 is 5.32 Å². The van der Waals surface area contributed by atoms with Gasteiger partial charge in [-0.3, -0.25) is 4.79 Å². The number of likely N-dealkylation sites (N-methyl/N-ethyl adjacent to an activating group) is 1. The fraction of sp³-hybridized carbons (Fsp3) is 0.294. The Hall–Kier alpha value is -2.96. The third-order valence-corrected chi connectivity index (χ3v) is 3.41. The molecule has 1 aromatic carbocycles. The van der Waals surface area contributed by atoms with Crippen molar-refractivity contribution in [2.24, 2.45) is 0 Å². The normalized spacial score (nSPS) is 10.1. The van der Waals surface area contributed by atoms with Crippen LogP contribution in [0, 0.1) is 0 Å². The van der Waals surface area contributed by atoms with Crippen LogP contribution in [0.4, 0.5) is 4.79 Å². The Morgan fingerprint density at radius 3 is 2.25 bits per heavy atom. The highest BCUT2D eigenvalue weighted by Gasteiger charge is 2.13. The first kappa shape index (κ1) is 17.4. The van der Waals surface area contributed by atoms with E-state index in [9.17, 15) is 9.59 Å². The van der Waals surface area contributed by atoms with Crippen LogP contribution in [-0.2, 0) is 0 Å². The van der Waals surface area contributed by atoms with Gasteiger partial charge in [0.25, 0.3) is 5.91 Å². The lowest BCUT2D eigenvalue weighted by atomic mass is 10.2. The first-order valence-corrected chi connectivity index (χ1v) is 7.57. The monoisotopic (exact) mass is 327 g/mol. The fourth-order valence-corrected chi connectivity index (χ4v) is 1.99. The largest absolute Gasteiger partial charge is 0.340 e. The van der Waals surface area contributed by atoms with E-state index in [1.54, 1.807) is 21.1 Å². The van der Waals surface area contributed by atoms with Gasteiger partial charge in [0.1, 0.15) is 0 Å². The number of nitrogens with zero attached hydrogens (tertiary/aromatic N) is 4. The Morgan fingerprint density at radius 2 is 1.67 bits per heavy atom. The topological polar surface area (TPSA) is 78.4 Å². The summed E-state index contributed by atoms with van der Waals surface area (Å²) in [5.74, 6) is 0.391. The second-order valence-corrected chi connectivity index (χ2v) is 5.51. The maximum atomic E-state index is 12.3. The van der Waals surface area contributed by atoms with Gasteiger partial charge in [-0.1, -0.05) is 30.3 Å². The van der Waals surface area contributed by atoms with Crippen LogP contribution in [-0.4, -0.2) is 65.9 Å². The summed E-state index contributed by atoms with van der Waals surface area (Å²) in [7, 11) is 5.00. The smallest absolute Gasteiger partial charge is 0.316 e. The highest BCUT2D eigenvalue weighted by Crippen LogP contribution is 2.13. The summed E-state index contributed by atoms with van der Waals surface area (Å²) < 4.78 is 0. The van der Waals surface area contributed by atoms with Crippen molar-refractivity contribution in [1.82, 2.24) is 25.1 Å². The van der Waals surface area contributed by atoms with Gasteiger partial charge in [0.2, 0.25) is 0 Å². The minimum Gasteiger partial charge on any atom is -0.340 e. The molecule has 0 aliphatic carbocycles. The predicted octanol–water partition coefficient (Wildman–Crippen LogP) is 1.49. The van der Waals surface area contributed by atoms with Crippen LogP contribution in [0.5, 0.6) is 0 Å². The number of nitrogens with one attached hydrogen (secondary N) is 1. The van der Waals surface area contributed by atoms with E-state index in [2.05, 4.69) is 15.3 Å². The Kier molecular flexibility index (Phi) is 5.83. The second kappa shape index (κ2) is 8.05. The Balaban J connectivity index is 1.93. The van der Waals surface area contributed by atoms with E-state index in [0.29, 0.717) is 24.5 Å². The van der Waals surface area contributed by atoms with Crippen LogP contribution >= 0.6 is 0 Å². The number of carbonyl (C=O) groups excluding carboxylic acids is 2. The number of carbonyl (C=O) groups is 2. The van der Waals surface area contributed by atoms with E-state index < -0.39 is 0 Å². The predicted molar refractivity (Wildman–Crippen MR) is 91.5 cm³/mol. The third kappa shape index (κ3) is 4.52. The molecule has 0 aliphatic heterocycles. The van der Waals surface area contributed by atoms with Crippen molar-refractivity contribution in [3.63, 3.8) is 0 Å². The quantitative estimate of drug-likeness (QED) is 0.902. The highest BCUT2D eigenvalue weighted by atomic mass is 16.2. The van der Waals surface area contributed by atoms with E-state index in [-0.39, 0.29) is 11.9 Å². The summed E-state index contributed by atoms with van der Waals surface area (Å²) in [6.45, 7) is 0.779. The molecular weight excluding hydrogens is 306 g/mol. The van der Waals surface area contributed by atoms with Crippen molar-refractivity contribution in [3.8, 4) is 11.4 Å². The molecule has 7 heteroatoms. The number of amides is 3. The summed E-state index contributed by atoms with van der Waals surface area (Å²) in [6.07, 6.45) is 3.04. The number of hydrogen-bond acceptors (Lipinski definition) is 4. The van der Waals surface area contributed by atoms with E-state index in [0.717, 1.165) is 5.56 Å². The van der Waals surface area contributed by atoms with Crippen molar-refractivity contribution in [2.45, 2.75) is 0 Å². The lowest BCUT2D eigenvalue weighted by Crippen LogP contribution is -2.40. The molecule has 24 heavy (non-hydrogen) atoms. The van der Waals surface area contributed by atoms with Crippen LogP contribution in [0.15, 0.2) is 42.7 Å². The highest BCUT2D eigenvalue weighted by molar-refractivity contribution is 5.93. The van der Waals surface area contributed by atoms with Crippen LogP contribution in [0.2, 0.25) is 0 Å². The average Bonchev–Trinajstić information content (AvgIpc) is 2.61. The first-order valence-electron chi connectivity index (χ1n) is 7.57.